The first-order chi connectivity index (χ1) is 7.68. The van der Waals surface area contributed by atoms with Crippen molar-refractivity contribution in [1.82, 2.24) is 15.2 Å². The van der Waals surface area contributed by atoms with Crippen LogP contribution in [0, 0.1) is 0 Å². The van der Waals surface area contributed by atoms with E-state index in [1.165, 1.54) is 6.20 Å². The first kappa shape index (κ1) is 11.4. The van der Waals surface area contributed by atoms with Crippen LogP contribution in [0.3, 0.4) is 0 Å². The molecule has 0 bridgehead atoms. The summed E-state index contributed by atoms with van der Waals surface area (Å²) in [6.45, 7) is 4.34. The van der Waals surface area contributed by atoms with Gasteiger partial charge in [0.15, 0.2) is 0 Å². The molecule has 0 spiro atoms. The zero-order valence-corrected chi connectivity index (χ0v) is 9.87. The molecule has 1 unspecified atom stereocenters. The van der Waals surface area contributed by atoms with E-state index < -0.39 is 0 Å². The number of piperazine rings is 1. The number of halogens is 1. The minimum atomic E-state index is -0.0132. The number of hydrogen-bond acceptors (Lipinski definition) is 3. The molecule has 1 amide bonds. The fourth-order valence-electron chi connectivity index (χ4n) is 1.84. The Morgan fingerprint density at radius 1 is 1.69 bits per heavy atom. The average molecular weight is 240 g/mol. The molecular formula is C11H14ClN3O. The second-order valence-corrected chi connectivity index (χ2v) is 4.37. The van der Waals surface area contributed by atoms with Gasteiger partial charge in [0.05, 0.1) is 10.6 Å². The Morgan fingerprint density at radius 2 is 2.50 bits per heavy atom. The minimum absolute atomic E-state index is 0.0132. The molecule has 1 aliphatic heterocycles. The van der Waals surface area contributed by atoms with Crippen LogP contribution in [0.15, 0.2) is 18.5 Å². The van der Waals surface area contributed by atoms with Gasteiger partial charge in [-0.3, -0.25) is 9.78 Å². The van der Waals surface area contributed by atoms with Crippen LogP contribution < -0.4 is 5.32 Å². The lowest BCUT2D eigenvalue weighted by molar-refractivity contribution is 0.0709. The largest absolute Gasteiger partial charge is 0.336 e. The summed E-state index contributed by atoms with van der Waals surface area (Å²) in [6, 6.07) is 2.00. The van der Waals surface area contributed by atoms with Crippen LogP contribution in [0.25, 0.3) is 0 Å². The monoisotopic (exact) mass is 239 g/mol. The molecule has 1 atom stereocenters. The van der Waals surface area contributed by atoms with Gasteiger partial charge >= 0.3 is 0 Å². The zero-order chi connectivity index (χ0) is 11.5. The summed E-state index contributed by atoms with van der Waals surface area (Å²) in [5.41, 5.74) is 0.533. The quantitative estimate of drug-likeness (QED) is 0.800. The SMILES string of the molecule is CC1CN(C(=O)c2ccncc2Cl)CCN1. The van der Waals surface area contributed by atoms with E-state index >= 15 is 0 Å². The Bertz CT molecular complexity index is 397. The number of nitrogens with one attached hydrogen (secondary N) is 1. The maximum Gasteiger partial charge on any atom is 0.255 e. The van der Waals surface area contributed by atoms with Gasteiger partial charge in [0, 0.05) is 38.1 Å². The van der Waals surface area contributed by atoms with Crippen LogP contribution in [0.2, 0.25) is 5.02 Å². The molecule has 1 fully saturated rings. The molecule has 1 aromatic rings. The Kier molecular flexibility index (Phi) is 3.41. The lowest BCUT2D eigenvalue weighted by atomic mass is 10.2. The van der Waals surface area contributed by atoms with E-state index in [9.17, 15) is 4.79 Å². The van der Waals surface area contributed by atoms with E-state index in [1.54, 1.807) is 12.3 Å². The number of rotatable bonds is 1. The smallest absolute Gasteiger partial charge is 0.255 e. The molecule has 5 heteroatoms. The summed E-state index contributed by atoms with van der Waals surface area (Å²) < 4.78 is 0. The fourth-order valence-corrected chi connectivity index (χ4v) is 2.04. The van der Waals surface area contributed by atoms with Crippen molar-refractivity contribution in [2.45, 2.75) is 13.0 Å². The number of pyridine rings is 1. The zero-order valence-electron chi connectivity index (χ0n) is 9.11. The van der Waals surface area contributed by atoms with Crippen molar-refractivity contribution in [1.29, 1.82) is 0 Å². The summed E-state index contributed by atoms with van der Waals surface area (Å²) in [4.78, 5) is 17.8. The Hall–Kier alpha value is -1.13. The van der Waals surface area contributed by atoms with Crippen LogP contribution in [0.4, 0.5) is 0 Å². The van der Waals surface area contributed by atoms with Crippen molar-refractivity contribution >= 4 is 17.5 Å². The van der Waals surface area contributed by atoms with Crippen molar-refractivity contribution < 1.29 is 4.79 Å². The number of carbonyl (C=O) groups is 1. The predicted octanol–water partition coefficient (Wildman–Crippen LogP) is 1.17. The molecule has 0 aliphatic carbocycles. The third kappa shape index (κ3) is 2.33. The highest BCUT2D eigenvalue weighted by atomic mass is 35.5. The van der Waals surface area contributed by atoms with Crippen molar-refractivity contribution in [2.24, 2.45) is 0 Å². The summed E-state index contributed by atoms with van der Waals surface area (Å²) in [6.07, 6.45) is 3.09. The molecule has 2 heterocycles. The normalized spacial score (nSPS) is 20.9. The summed E-state index contributed by atoms with van der Waals surface area (Å²) >= 11 is 5.95. The molecule has 2 rings (SSSR count). The number of aromatic nitrogens is 1. The van der Waals surface area contributed by atoms with Crippen LogP contribution in [-0.2, 0) is 0 Å². The highest BCUT2D eigenvalue weighted by molar-refractivity contribution is 6.33. The lowest BCUT2D eigenvalue weighted by Gasteiger charge is -2.32. The number of carbonyl (C=O) groups excluding carboxylic acids is 1. The van der Waals surface area contributed by atoms with Gasteiger partial charge in [-0.05, 0) is 13.0 Å². The van der Waals surface area contributed by atoms with Crippen LogP contribution in [-0.4, -0.2) is 41.5 Å². The molecular weight excluding hydrogens is 226 g/mol. The van der Waals surface area contributed by atoms with Gasteiger partial charge in [-0.15, -0.1) is 0 Å². The minimum Gasteiger partial charge on any atom is -0.336 e. The topological polar surface area (TPSA) is 45.2 Å². The Morgan fingerprint density at radius 3 is 3.19 bits per heavy atom. The Balaban J connectivity index is 2.16. The maximum absolute atomic E-state index is 12.2. The molecule has 1 N–H and O–H groups in total. The van der Waals surface area contributed by atoms with Gasteiger partial charge in [-0.25, -0.2) is 0 Å². The predicted molar refractivity (Wildman–Crippen MR) is 62.6 cm³/mol. The van der Waals surface area contributed by atoms with Crippen LogP contribution >= 0.6 is 11.6 Å². The number of nitrogens with zero attached hydrogens (tertiary/aromatic N) is 2. The highest BCUT2D eigenvalue weighted by Gasteiger charge is 2.22. The number of amides is 1. The van der Waals surface area contributed by atoms with E-state index in [4.69, 9.17) is 11.6 Å². The lowest BCUT2D eigenvalue weighted by Crippen LogP contribution is -2.51. The maximum atomic E-state index is 12.2. The van der Waals surface area contributed by atoms with Gasteiger partial charge in [0.2, 0.25) is 0 Å². The summed E-state index contributed by atoms with van der Waals surface area (Å²) in [5.74, 6) is -0.0132. The van der Waals surface area contributed by atoms with Crippen LogP contribution in [0.5, 0.6) is 0 Å². The molecule has 0 radical (unpaired) electrons. The molecule has 1 aromatic heterocycles. The van der Waals surface area contributed by atoms with E-state index in [2.05, 4.69) is 17.2 Å². The second-order valence-electron chi connectivity index (χ2n) is 3.96. The second kappa shape index (κ2) is 4.80. The van der Waals surface area contributed by atoms with Gasteiger partial charge in [-0.1, -0.05) is 11.6 Å². The standard InChI is InChI=1S/C11H14ClN3O/c1-8-7-15(5-4-14-8)11(16)9-2-3-13-6-10(9)12/h2-3,6,8,14H,4-5,7H2,1H3. The Labute approximate surface area is 99.6 Å². The molecule has 1 aliphatic rings. The number of hydrogen-bond donors (Lipinski definition) is 1. The van der Waals surface area contributed by atoms with Gasteiger partial charge in [0.25, 0.3) is 5.91 Å². The fraction of sp³-hybridized carbons (Fsp3) is 0.455. The van der Waals surface area contributed by atoms with Gasteiger partial charge in [-0.2, -0.15) is 0 Å². The summed E-state index contributed by atoms with van der Waals surface area (Å²) in [5, 5.41) is 3.71. The molecule has 0 saturated carbocycles. The highest BCUT2D eigenvalue weighted by Crippen LogP contribution is 2.16. The van der Waals surface area contributed by atoms with Crippen molar-refractivity contribution in [3.05, 3.63) is 29.0 Å². The van der Waals surface area contributed by atoms with E-state index in [-0.39, 0.29) is 5.91 Å². The first-order valence-corrected chi connectivity index (χ1v) is 5.68. The molecule has 4 nitrogen and oxygen atoms in total. The van der Waals surface area contributed by atoms with Gasteiger partial charge in [0.1, 0.15) is 0 Å². The first-order valence-electron chi connectivity index (χ1n) is 5.30. The van der Waals surface area contributed by atoms with Crippen molar-refractivity contribution in [3.63, 3.8) is 0 Å². The third-order valence-electron chi connectivity index (χ3n) is 2.66. The van der Waals surface area contributed by atoms with Crippen LogP contribution in [0.1, 0.15) is 17.3 Å². The third-order valence-corrected chi connectivity index (χ3v) is 2.96. The summed E-state index contributed by atoms with van der Waals surface area (Å²) in [7, 11) is 0. The van der Waals surface area contributed by atoms with Crippen molar-refractivity contribution in [3.8, 4) is 0 Å². The molecule has 1 saturated heterocycles. The van der Waals surface area contributed by atoms with Gasteiger partial charge < -0.3 is 10.2 Å². The average Bonchev–Trinajstić information content (AvgIpc) is 2.29. The molecule has 0 aromatic carbocycles. The molecule has 16 heavy (non-hydrogen) atoms. The van der Waals surface area contributed by atoms with E-state index in [0.717, 1.165) is 19.6 Å². The molecule has 86 valence electrons. The van der Waals surface area contributed by atoms with E-state index in [1.807, 2.05) is 4.90 Å². The van der Waals surface area contributed by atoms with Crippen molar-refractivity contribution in [2.75, 3.05) is 19.6 Å². The van der Waals surface area contributed by atoms with E-state index in [0.29, 0.717) is 16.6 Å².